The SMILES string of the molecule is COC(=O)c1nc(-c2ccc3c(c2)N(C(=O)O)C(C(C)(C)C)CC3)ccc1OS(=O)(=O)C(F)(F)F. The third-order valence-electron chi connectivity index (χ3n) is 5.57. The quantitative estimate of drug-likeness (QED) is 0.355. The highest BCUT2D eigenvalue weighted by molar-refractivity contribution is 7.88. The van der Waals surface area contributed by atoms with Crippen molar-refractivity contribution in [1.82, 2.24) is 4.98 Å². The van der Waals surface area contributed by atoms with E-state index < -0.39 is 39.1 Å². The summed E-state index contributed by atoms with van der Waals surface area (Å²) in [4.78, 5) is 29.5. The molecule has 0 bridgehead atoms. The number of carbonyl (C=O) groups excluding carboxylic acids is 1. The van der Waals surface area contributed by atoms with E-state index in [1.165, 1.54) is 4.90 Å². The Kier molecular flexibility index (Phi) is 6.77. The first-order valence-electron chi connectivity index (χ1n) is 10.3. The number of ether oxygens (including phenoxy) is 1. The summed E-state index contributed by atoms with van der Waals surface area (Å²) in [7, 11) is -5.12. The van der Waals surface area contributed by atoms with Crippen molar-refractivity contribution in [2.24, 2.45) is 5.41 Å². The number of hydrogen-bond acceptors (Lipinski definition) is 7. The number of anilines is 1. The topological polar surface area (TPSA) is 123 Å². The van der Waals surface area contributed by atoms with E-state index in [-0.39, 0.29) is 17.2 Å². The molecular formula is C22H23F3N2O7S. The molecule has 13 heteroatoms. The summed E-state index contributed by atoms with van der Waals surface area (Å²) in [5.74, 6) is -2.19. The highest BCUT2D eigenvalue weighted by Gasteiger charge is 2.49. The lowest BCUT2D eigenvalue weighted by Crippen LogP contribution is -2.49. The summed E-state index contributed by atoms with van der Waals surface area (Å²) in [6.45, 7) is 5.79. The van der Waals surface area contributed by atoms with Crippen molar-refractivity contribution in [3.8, 4) is 17.0 Å². The van der Waals surface area contributed by atoms with E-state index in [1.807, 2.05) is 20.8 Å². The summed E-state index contributed by atoms with van der Waals surface area (Å²) >= 11 is 0. The van der Waals surface area contributed by atoms with E-state index in [0.717, 1.165) is 24.8 Å². The number of esters is 1. The summed E-state index contributed by atoms with van der Waals surface area (Å²) in [5.41, 5.74) is -5.26. The second-order valence-corrected chi connectivity index (χ2v) is 10.5. The van der Waals surface area contributed by atoms with Gasteiger partial charge in [0.2, 0.25) is 0 Å². The van der Waals surface area contributed by atoms with Crippen LogP contribution >= 0.6 is 0 Å². The highest BCUT2D eigenvalue weighted by atomic mass is 32.2. The molecule has 1 aliphatic rings. The Labute approximate surface area is 199 Å². The molecule has 2 heterocycles. The van der Waals surface area contributed by atoms with E-state index in [2.05, 4.69) is 13.9 Å². The third-order valence-corrected chi connectivity index (χ3v) is 6.53. The maximum Gasteiger partial charge on any atom is 0.534 e. The molecule has 0 saturated carbocycles. The van der Waals surface area contributed by atoms with Gasteiger partial charge in [0.15, 0.2) is 11.4 Å². The molecule has 1 aliphatic heterocycles. The summed E-state index contributed by atoms with van der Waals surface area (Å²) < 4.78 is 69.7. The number of aryl methyl sites for hydroxylation is 1. The van der Waals surface area contributed by atoms with Crippen LogP contribution in [0, 0.1) is 5.41 Å². The van der Waals surface area contributed by atoms with Gasteiger partial charge in [-0.15, -0.1) is 0 Å². The zero-order valence-corrected chi connectivity index (χ0v) is 20.0. The van der Waals surface area contributed by atoms with Crippen LogP contribution in [0.2, 0.25) is 0 Å². The molecule has 1 amide bonds. The van der Waals surface area contributed by atoms with Gasteiger partial charge in [0.25, 0.3) is 0 Å². The number of pyridine rings is 1. The maximum absolute atomic E-state index is 12.8. The van der Waals surface area contributed by atoms with Crippen molar-refractivity contribution in [2.45, 2.75) is 45.2 Å². The fraction of sp³-hybridized carbons (Fsp3) is 0.409. The molecule has 2 aromatic rings. The van der Waals surface area contributed by atoms with E-state index in [9.17, 15) is 36.3 Å². The molecule has 0 radical (unpaired) electrons. The first-order valence-corrected chi connectivity index (χ1v) is 11.7. The Morgan fingerprint density at radius 1 is 1.14 bits per heavy atom. The smallest absolute Gasteiger partial charge is 0.465 e. The first kappa shape index (κ1) is 26.3. The van der Waals surface area contributed by atoms with Crippen molar-refractivity contribution in [3.05, 3.63) is 41.6 Å². The molecule has 35 heavy (non-hydrogen) atoms. The Bertz CT molecular complexity index is 1270. The Morgan fingerprint density at radius 2 is 1.80 bits per heavy atom. The third kappa shape index (κ3) is 5.19. The number of fused-ring (bicyclic) bond motifs is 1. The molecular weight excluding hydrogens is 493 g/mol. The van der Waals surface area contributed by atoms with E-state index >= 15 is 0 Å². The van der Waals surface area contributed by atoms with Crippen LogP contribution in [0.4, 0.5) is 23.7 Å². The van der Waals surface area contributed by atoms with E-state index in [4.69, 9.17) is 0 Å². The lowest BCUT2D eigenvalue weighted by Gasteiger charge is -2.42. The van der Waals surface area contributed by atoms with Gasteiger partial charge < -0.3 is 14.0 Å². The van der Waals surface area contributed by atoms with Gasteiger partial charge in [-0.2, -0.15) is 21.6 Å². The van der Waals surface area contributed by atoms with Gasteiger partial charge in [-0.1, -0.05) is 32.9 Å². The number of methoxy groups -OCH3 is 1. The Hall–Kier alpha value is -3.35. The molecule has 9 nitrogen and oxygen atoms in total. The second-order valence-electron chi connectivity index (χ2n) is 8.93. The number of rotatable bonds is 4. The van der Waals surface area contributed by atoms with Crippen LogP contribution < -0.4 is 9.08 Å². The predicted octanol–water partition coefficient (Wildman–Crippen LogP) is 4.61. The number of carbonyl (C=O) groups is 2. The average molecular weight is 516 g/mol. The van der Waals surface area contributed by atoms with Crippen LogP contribution in [0.15, 0.2) is 30.3 Å². The molecule has 0 aliphatic carbocycles. The summed E-state index contributed by atoms with van der Waals surface area (Å²) in [6, 6.07) is 6.57. The molecule has 1 unspecified atom stereocenters. The second kappa shape index (κ2) is 9.02. The number of alkyl halides is 3. The van der Waals surface area contributed by atoms with Crippen LogP contribution in [0.5, 0.6) is 5.75 Å². The fourth-order valence-electron chi connectivity index (χ4n) is 3.89. The fourth-order valence-corrected chi connectivity index (χ4v) is 4.35. The number of benzene rings is 1. The number of carboxylic acid groups (broad SMARTS) is 1. The van der Waals surface area contributed by atoms with Gasteiger partial charge >= 0.3 is 27.7 Å². The zero-order chi connectivity index (χ0) is 26.3. The lowest BCUT2D eigenvalue weighted by atomic mass is 9.79. The minimum absolute atomic E-state index is 0.0631. The van der Waals surface area contributed by atoms with Crippen molar-refractivity contribution in [3.63, 3.8) is 0 Å². The minimum atomic E-state index is -6.06. The van der Waals surface area contributed by atoms with Crippen molar-refractivity contribution >= 4 is 27.9 Å². The van der Waals surface area contributed by atoms with Gasteiger partial charge in [0.1, 0.15) is 0 Å². The van der Waals surface area contributed by atoms with Crippen LogP contribution in [0.25, 0.3) is 11.3 Å². The van der Waals surface area contributed by atoms with Crippen LogP contribution in [-0.4, -0.2) is 49.2 Å². The monoisotopic (exact) mass is 516 g/mol. The van der Waals surface area contributed by atoms with Crippen molar-refractivity contribution in [2.75, 3.05) is 12.0 Å². The number of halogens is 3. The molecule has 0 fully saturated rings. The molecule has 1 aromatic heterocycles. The standard InChI is InChI=1S/C22H23F3N2O7S/c1-21(2,3)17-10-7-12-5-6-13(11-15(12)27(17)20(29)30)14-8-9-16(18(26-14)19(28)33-4)34-35(31,32)22(23,24)25/h5-6,8-9,11,17H,7,10H2,1-4H3,(H,29,30). The van der Waals surface area contributed by atoms with Crippen LogP contribution in [0.1, 0.15) is 43.2 Å². The van der Waals surface area contributed by atoms with E-state index in [1.54, 1.807) is 18.2 Å². The first-order chi connectivity index (χ1) is 16.1. The number of hydrogen-bond donors (Lipinski definition) is 1. The van der Waals surface area contributed by atoms with Crippen LogP contribution in [0.3, 0.4) is 0 Å². The summed E-state index contributed by atoms with van der Waals surface area (Å²) in [6.07, 6.45) is 0.101. The number of amides is 1. The molecule has 1 N–H and O–H groups in total. The Balaban J connectivity index is 2.11. The molecule has 1 aromatic carbocycles. The molecule has 190 valence electrons. The van der Waals surface area contributed by atoms with Gasteiger partial charge in [-0.3, -0.25) is 4.90 Å². The molecule has 0 spiro atoms. The number of aromatic nitrogens is 1. The predicted molar refractivity (Wildman–Crippen MR) is 119 cm³/mol. The van der Waals surface area contributed by atoms with E-state index in [0.29, 0.717) is 24.1 Å². The Morgan fingerprint density at radius 3 is 2.34 bits per heavy atom. The molecule has 0 saturated heterocycles. The highest BCUT2D eigenvalue weighted by Crippen LogP contribution is 2.40. The van der Waals surface area contributed by atoms with Gasteiger partial charge in [0.05, 0.1) is 18.5 Å². The normalized spacial score (nSPS) is 16.4. The lowest BCUT2D eigenvalue weighted by molar-refractivity contribution is -0.0500. The van der Waals surface area contributed by atoms with Crippen LogP contribution in [-0.2, 0) is 21.3 Å². The zero-order valence-electron chi connectivity index (χ0n) is 19.2. The minimum Gasteiger partial charge on any atom is -0.465 e. The number of nitrogens with zero attached hydrogens (tertiary/aromatic N) is 2. The van der Waals surface area contributed by atoms with Gasteiger partial charge in [0, 0.05) is 11.6 Å². The molecule has 3 rings (SSSR count). The molecule has 1 atom stereocenters. The average Bonchev–Trinajstić information content (AvgIpc) is 2.75. The van der Waals surface area contributed by atoms with Crippen molar-refractivity contribution in [1.29, 1.82) is 0 Å². The largest absolute Gasteiger partial charge is 0.534 e. The summed E-state index contributed by atoms with van der Waals surface area (Å²) in [5, 5.41) is 9.92. The van der Waals surface area contributed by atoms with Gasteiger partial charge in [-0.05, 0) is 42.0 Å². The van der Waals surface area contributed by atoms with Gasteiger partial charge in [-0.25, -0.2) is 14.6 Å². The maximum atomic E-state index is 12.8. The van der Waals surface area contributed by atoms with Crippen molar-refractivity contribution < 1.29 is 45.2 Å².